The first kappa shape index (κ1) is 16.7. The van der Waals surface area contributed by atoms with Gasteiger partial charge in [0.1, 0.15) is 0 Å². The minimum atomic E-state index is -2.96. The van der Waals surface area contributed by atoms with Crippen LogP contribution in [0, 0.1) is 5.92 Å². The molecule has 1 aliphatic carbocycles. The van der Waals surface area contributed by atoms with Gasteiger partial charge < -0.3 is 9.64 Å². The number of ether oxygens (including phenoxy) is 1. The predicted octanol–water partition coefficient (Wildman–Crippen LogP) is 1.62. The van der Waals surface area contributed by atoms with E-state index in [1.165, 1.54) is 6.42 Å². The van der Waals surface area contributed by atoms with Gasteiger partial charge >= 0.3 is 0 Å². The highest BCUT2D eigenvalue weighted by atomic mass is 32.2. The number of rotatable bonds is 6. The highest BCUT2D eigenvalue weighted by Crippen LogP contribution is 2.28. The molecule has 0 aromatic heterocycles. The van der Waals surface area contributed by atoms with Crippen molar-refractivity contribution in [1.82, 2.24) is 4.90 Å². The summed E-state index contributed by atoms with van der Waals surface area (Å²) in [5.41, 5.74) is 0. The Morgan fingerprint density at radius 2 is 1.90 bits per heavy atom. The van der Waals surface area contributed by atoms with Crippen molar-refractivity contribution in [2.24, 2.45) is 5.92 Å². The van der Waals surface area contributed by atoms with E-state index in [1.54, 1.807) is 7.11 Å². The molecule has 0 bridgehead atoms. The summed E-state index contributed by atoms with van der Waals surface area (Å²) in [6.45, 7) is 1.22. The van der Waals surface area contributed by atoms with Crippen molar-refractivity contribution in [3.05, 3.63) is 0 Å². The molecule has 2 rings (SSSR count). The highest BCUT2D eigenvalue weighted by Gasteiger charge is 2.36. The van der Waals surface area contributed by atoms with E-state index in [0.29, 0.717) is 19.6 Å². The fourth-order valence-corrected chi connectivity index (χ4v) is 5.19. The molecule has 0 radical (unpaired) electrons. The number of sulfone groups is 1. The normalized spacial score (nSPS) is 25.9. The standard InChI is InChI=1S/C15H27NO4S/c1-20-10-5-9-16(14-8-11-21(18,19)12-14)15(17)13-6-3-2-4-7-13/h13-14H,2-12H2,1H3. The molecule has 1 saturated carbocycles. The van der Waals surface area contributed by atoms with Crippen LogP contribution in [-0.4, -0.2) is 57.0 Å². The zero-order valence-electron chi connectivity index (χ0n) is 12.9. The SMILES string of the molecule is COCCCN(C(=O)C1CCCCC1)C1CCS(=O)(=O)C1. The quantitative estimate of drug-likeness (QED) is 0.698. The third kappa shape index (κ3) is 4.68. The number of nitrogens with zero attached hydrogens (tertiary/aromatic N) is 1. The van der Waals surface area contributed by atoms with Gasteiger partial charge in [-0.15, -0.1) is 0 Å². The van der Waals surface area contributed by atoms with Gasteiger partial charge in [-0.2, -0.15) is 0 Å². The van der Waals surface area contributed by atoms with Crippen LogP contribution < -0.4 is 0 Å². The van der Waals surface area contributed by atoms with Crippen molar-refractivity contribution >= 4 is 15.7 Å². The van der Waals surface area contributed by atoms with E-state index in [2.05, 4.69) is 0 Å². The predicted molar refractivity (Wildman–Crippen MR) is 81.8 cm³/mol. The Bertz CT molecular complexity index is 443. The molecule has 0 aromatic rings. The van der Waals surface area contributed by atoms with E-state index < -0.39 is 9.84 Å². The van der Waals surface area contributed by atoms with E-state index in [0.717, 1.165) is 32.1 Å². The van der Waals surface area contributed by atoms with E-state index in [4.69, 9.17) is 4.74 Å². The Balaban J connectivity index is 2.02. The molecule has 5 nitrogen and oxygen atoms in total. The minimum Gasteiger partial charge on any atom is -0.385 e. The van der Waals surface area contributed by atoms with Crippen molar-refractivity contribution in [3.8, 4) is 0 Å². The Kier molecular flexibility index (Phi) is 6.05. The van der Waals surface area contributed by atoms with E-state index >= 15 is 0 Å². The molecule has 1 amide bonds. The Labute approximate surface area is 127 Å². The second-order valence-corrected chi connectivity index (χ2v) is 8.50. The van der Waals surface area contributed by atoms with Gasteiger partial charge in [-0.25, -0.2) is 8.42 Å². The smallest absolute Gasteiger partial charge is 0.225 e. The summed E-state index contributed by atoms with van der Waals surface area (Å²) in [5.74, 6) is 0.631. The second kappa shape index (κ2) is 7.58. The monoisotopic (exact) mass is 317 g/mol. The fourth-order valence-electron chi connectivity index (χ4n) is 3.46. The van der Waals surface area contributed by atoms with Crippen LogP contribution in [0.5, 0.6) is 0 Å². The number of carbonyl (C=O) groups excluding carboxylic acids is 1. The number of amides is 1. The minimum absolute atomic E-state index is 0.101. The van der Waals surface area contributed by atoms with E-state index in [-0.39, 0.29) is 29.4 Å². The summed E-state index contributed by atoms with van der Waals surface area (Å²) in [7, 11) is -1.31. The van der Waals surface area contributed by atoms with Crippen LogP contribution in [0.2, 0.25) is 0 Å². The number of carbonyl (C=O) groups is 1. The molecule has 1 aliphatic heterocycles. The first-order valence-electron chi connectivity index (χ1n) is 8.03. The summed E-state index contributed by atoms with van der Waals surface area (Å²) >= 11 is 0. The maximum atomic E-state index is 12.8. The van der Waals surface area contributed by atoms with Gasteiger partial charge in [0.2, 0.25) is 5.91 Å². The molecule has 0 spiro atoms. The maximum Gasteiger partial charge on any atom is 0.225 e. The molecule has 122 valence electrons. The van der Waals surface area contributed by atoms with E-state index in [9.17, 15) is 13.2 Å². The van der Waals surface area contributed by atoms with Gasteiger partial charge in [0.25, 0.3) is 0 Å². The topological polar surface area (TPSA) is 63.7 Å². The lowest BCUT2D eigenvalue weighted by Gasteiger charge is -2.33. The summed E-state index contributed by atoms with van der Waals surface area (Å²) in [6.07, 6.45) is 6.72. The first-order valence-corrected chi connectivity index (χ1v) is 9.85. The average molecular weight is 317 g/mol. The zero-order chi connectivity index (χ0) is 15.3. The van der Waals surface area contributed by atoms with Gasteiger partial charge in [0.15, 0.2) is 9.84 Å². The molecule has 1 unspecified atom stereocenters. The van der Waals surface area contributed by atoms with Gasteiger partial charge in [-0.05, 0) is 25.7 Å². The largest absolute Gasteiger partial charge is 0.385 e. The molecule has 1 saturated heterocycles. The number of methoxy groups -OCH3 is 1. The molecule has 1 atom stereocenters. The molecule has 1 heterocycles. The lowest BCUT2D eigenvalue weighted by atomic mass is 9.88. The van der Waals surface area contributed by atoms with E-state index in [1.807, 2.05) is 4.90 Å². The van der Waals surface area contributed by atoms with Crippen LogP contribution in [-0.2, 0) is 19.4 Å². The summed E-state index contributed by atoms with van der Waals surface area (Å²) in [4.78, 5) is 14.6. The van der Waals surface area contributed by atoms with Crippen molar-refractivity contribution in [2.45, 2.75) is 51.0 Å². The first-order chi connectivity index (χ1) is 10.0. The fraction of sp³-hybridized carbons (Fsp3) is 0.933. The summed E-state index contributed by atoms with van der Waals surface area (Å²) in [5, 5.41) is 0. The molecule has 0 N–H and O–H groups in total. The molecule has 0 aromatic carbocycles. The summed E-state index contributed by atoms with van der Waals surface area (Å²) in [6, 6.07) is -0.124. The second-order valence-electron chi connectivity index (χ2n) is 6.27. The van der Waals surface area contributed by atoms with Crippen LogP contribution in [0.15, 0.2) is 0 Å². The number of hydrogen-bond donors (Lipinski definition) is 0. The van der Waals surface area contributed by atoms with Gasteiger partial charge in [-0.3, -0.25) is 4.79 Å². The Hall–Kier alpha value is -0.620. The van der Waals surface area contributed by atoms with Crippen LogP contribution in [0.3, 0.4) is 0 Å². The van der Waals surface area contributed by atoms with Crippen LogP contribution in [0.4, 0.5) is 0 Å². The molecular formula is C15H27NO4S. The van der Waals surface area contributed by atoms with Crippen molar-refractivity contribution in [2.75, 3.05) is 31.8 Å². The zero-order valence-corrected chi connectivity index (χ0v) is 13.7. The third-order valence-electron chi connectivity index (χ3n) is 4.63. The molecule has 6 heteroatoms. The lowest BCUT2D eigenvalue weighted by Crippen LogP contribution is -2.45. The molecule has 21 heavy (non-hydrogen) atoms. The highest BCUT2D eigenvalue weighted by molar-refractivity contribution is 7.91. The van der Waals surface area contributed by atoms with Crippen LogP contribution in [0.1, 0.15) is 44.9 Å². The lowest BCUT2D eigenvalue weighted by molar-refractivity contribution is -0.138. The van der Waals surface area contributed by atoms with Gasteiger partial charge in [-0.1, -0.05) is 19.3 Å². The summed E-state index contributed by atoms with van der Waals surface area (Å²) < 4.78 is 28.5. The number of hydrogen-bond acceptors (Lipinski definition) is 4. The van der Waals surface area contributed by atoms with Crippen molar-refractivity contribution in [3.63, 3.8) is 0 Å². The van der Waals surface area contributed by atoms with Gasteiger partial charge in [0, 0.05) is 32.2 Å². The van der Waals surface area contributed by atoms with Gasteiger partial charge in [0.05, 0.1) is 11.5 Å². The molecular weight excluding hydrogens is 290 g/mol. The molecule has 2 fully saturated rings. The van der Waals surface area contributed by atoms with Crippen molar-refractivity contribution in [1.29, 1.82) is 0 Å². The molecule has 2 aliphatic rings. The van der Waals surface area contributed by atoms with Crippen LogP contribution >= 0.6 is 0 Å². The Morgan fingerprint density at radius 3 is 2.48 bits per heavy atom. The van der Waals surface area contributed by atoms with Crippen molar-refractivity contribution < 1.29 is 17.9 Å². The van der Waals surface area contributed by atoms with Crippen LogP contribution in [0.25, 0.3) is 0 Å². The Morgan fingerprint density at radius 1 is 1.19 bits per heavy atom. The maximum absolute atomic E-state index is 12.8. The third-order valence-corrected chi connectivity index (χ3v) is 6.38. The average Bonchev–Trinajstić information content (AvgIpc) is 2.84.